The van der Waals surface area contributed by atoms with Gasteiger partial charge in [-0.1, -0.05) is 39.0 Å². The number of imide groups is 1. The number of hydroxylamine groups is 1. The molecule has 2 aromatic carbocycles. The van der Waals surface area contributed by atoms with E-state index in [0.29, 0.717) is 24.5 Å². The third-order valence-corrected chi connectivity index (χ3v) is 7.62. The molecule has 0 saturated carbocycles. The molecule has 0 aliphatic carbocycles. The van der Waals surface area contributed by atoms with Crippen molar-refractivity contribution in [1.29, 1.82) is 0 Å². The van der Waals surface area contributed by atoms with Crippen molar-refractivity contribution in [2.45, 2.75) is 70.6 Å². The monoisotopic (exact) mass is 490 g/mol. The fourth-order valence-corrected chi connectivity index (χ4v) is 5.55. The molecular weight excluding hydrogens is 456 g/mol. The Bertz CT molecular complexity index is 1130. The van der Waals surface area contributed by atoms with E-state index in [4.69, 9.17) is 14.3 Å². The van der Waals surface area contributed by atoms with E-state index in [9.17, 15) is 9.59 Å². The van der Waals surface area contributed by atoms with Crippen LogP contribution in [0.5, 0.6) is 5.75 Å². The molecule has 3 aliphatic heterocycles. The van der Waals surface area contributed by atoms with Crippen molar-refractivity contribution in [3.05, 3.63) is 66.4 Å². The first kappa shape index (κ1) is 24.4. The van der Waals surface area contributed by atoms with E-state index in [-0.39, 0.29) is 11.8 Å². The molecule has 4 atom stereocenters. The van der Waals surface area contributed by atoms with E-state index < -0.39 is 23.7 Å². The number of fused-ring (bicyclic) bond motifs is 1. The van der Waals surface area contributed by atoms with Gasteiger partial charge >= 0.3 is 0 Å². The molecule has 0 spiro atoms. The van der Waals surface area contributed by atoms with E-state index >= 15 is 0 Å². The van der Waals surface area contributed by atoms with Crippen LogP contribution in [0.2, 0.25) is 0 Å². The summed E-state index contributed by atoms with van der Waals surface area (Å²) in [7, 11) is 0. The smallest absolute Gasteiger partial charge is 0.266 e. The number of hydrogen-bond donors (Lipinski definition) is 0. The Kier molecular flexibility index (Phi) is 6.75. The maximum Gasteiger partial charge on any atom is 0.266 e. The number of benzene rings is 2. The number of hydrogen-bond acceptors (Lipinski definition) is 6. The standard InChI is InChI=1S/C29H34N2O5/c1-4-18-34-23-14-12-21(13-15-23)30-27(32)24-25(28(30)33)36-31(22-10-8-7-9-11-22)26(24)29(6-3)17-16-20(5-2)19-35-29/h7-15,19,24-26H,4-6,16-18H2,1-3H3/t24-,25-,26+,29-/m1/s1. The summed E-state index contributed by atoms with van der Waals surface area (Å²) in [5.74, 6) is -0.562. The number of carbonyl (C=O) groups is 2. The normalized spacial score (nSPS) is 27.6. The largest absolute Gasteiger partial charge is 0.494 e. The molecule has 2 aromatic rings. The summed E-state index contributed by atoms with van der Waals surface area (Å²) in [6.07, 6.45) is 5.13. The fraction of sp³-hybridized carbons (Fsp3) is 0.448. The van der Waals surface area contributed by atoms with Gasteiger partial charge in [0.25, 0.3) is 5.91 Å². The van der Waals surface area contributed by atoms with Gasteiger partial charge in [-0.15, -0.1) is 0 Å². The quantitative estimate of drug-likeness (QED) is 0.461. The Morgan fingerprint density at radius 3 is 2.33 bits per heavy atom. The van der Waals surface area contributed by atoms with Crippen LogP contribution in [0.15, 0.2) is 66.4 Å². The summed E-state index contributed by atoms with van der Waals surface area (Å²) in [6, 6.07) is 16.3. The van der Waals surface area contributed by atoms with Gasteiger partial charge in [0.15, 0.2) is 6.10 Å². The number of allylic oxidation sites excluding steroid dienone is 1. The van der Waals surface area contributed by atoms with Crippen molar-refractivity contribution in [1.82, 2.24) is 0 Å². The van der Waals surface area contributed by atoms with E-state index in [2.05, 4.69) is 13.8 Å². The highest BCUT2D eigenvalue weighted by Gasteiger charge is 2.65. The minimum absolute atomic E-state index is 0.252. The number of ether oxygens (including phenoxy) is 2. The van der Waals surface area contributed by atoms with Crippen molar-refractivity contribution in [3.63, 3.8) is 0 Å². The topological polar surface area (TPSA) is 68.3 Å². The second-order valence-electron chi connectivity index (χ2n) is 9.68. The third-order valence-electron chi connectivity index (χ3n) is 7.62. The van der Waals surface area contributed by atoms with E-state index in [1.807, 2.05) is 43.5 Å². The highest BCUT2D eigenvalue weighted by Crippen LogP contribution is 2.49. The summed E-state index contributed by atoms with van der Waals surface area (Å²) < 4.78 is 12.1. The van der Waals surface area contributed by atoms with Gasteiger partial charge in [0.05, 0.1) is 24.2 Å². The van der Waals surface area contributed by atoms with Gasteiger partial charge in [0.2, 0.25) is 5.91 Å². The first-order valence-electron chi connectivity index (χ1n) is 13.0. The summed E-state index contributed by atoms with van der Waals surface area (Å²) in [4.78, 5) is 35.2. The average Bonchev–Trinajstić information content (AvgIpc) is 3.44. The summed E-state index contributed by atoms with van der Waals surface area (Å²) in [5.41, 5.74) is 1.93. The zero-order valence-corrected chi connectivity index (χ0v) is 21.2. The molecule has 3 aliphatic rings. The van der Waals surface area contributed by atoms with Crippen LogP contribution in [0.4, 0.5) is 11.4 Å². The van der Waals surface area contributed by atoms with Gasteiger partial charge in [0, 0.05) is 0 Å². The SMILES string of the molecule is CCCOc1ccc(N2C(=O)[C@H]3[C@@H]([C@@]4(CC)CCC(CC)=CO4)N(c4ccccc4)O[C@H]3C2=O)cc1. The van der Waals surface area contributed by atoms with Crippen LogP contribution in [0.1, 0.15) is 52.9 Å². The molecule has 36 heavy (non-hydrogen) atoms. The Morgan fingerprint density at radius 1 is 0.972 bits per heavy atom. The minimum Gasteiger partial charge on any atom is -0.494 e. The van der Waals surface area contributed by atoms with E-state index in [1.54, 1.807) is 29.3 Å². The van der Waals surface area contributed by atoms with Crippen LogP contribution >= 0.6 is 0 Å². The zero-order valence-electron chi connectivity index (χ0n) is 21.2. The molecule has 2 saturated heterocycles. The lowest BCUT2D eigenvalue weighted by atomic mass is 9.76. The van der Waals surface area contributed by atoms with Gasteiger partial charge in [-0.25, -0.2) is 9.96 Å². The van der Waals surface area contributed by atoms with Crippen molar-refractivity contribution >= 4 is 23.2 Å². The molecular formula is C29H34N2O5. The lowest BCUT2D eigenvalue weighted by Crippen LogP contribution is -2.56. The zero-order chi connectivity index (χ0) is 25.3. The van der Waals surface area contributed by atoms with E-state index in [0.717, 1.165) is 31.4 Å². The highest BCUT2D eigenvalue weighted by atomic mass is 16.7. The molecule has 2 amide bonds. The van der Waals surface area contributed by atoms with Gasteiger partial charge in [-0.05, 0) is 74.1 Å². The maximum atomic E-state index is 14.0. The first-order chi connectivity index (χ1) is 17.5. The predicted molar refractivity (Wildman–Crippen MR) is 138 cm³/mol. The number of carbonyl (C=O) groups excluding carboxylic acids is 2. The lowest BCUT2D eigenvalue weighted by molar-refractivity contribution is -0.127. The average molecular weight is 491 g/mol. The molecule has 190 valence electrons. The predicted octanol–water partition coefficient (Wildman–Crippen LogP) is 5.41. The van der Waals surface area contributed by atoms with Crippen LogP contribution in [-0.4, -0.2) is 36.2 Å². The number of amides is 2. The second-order valence-corrected chi connectivity index (χ2v) is 9.68. The fourth-order valence-electron chi connectivity index (χ4n) is 5.55. The summed E-state index contributed by atoms with van der Waals surface area (Å²) in [5, 5.41) is 1.76. The van der Waals surface area contributed by atoms with Gasteiger partial charge in [-0.2, -0.15) is 0 Å². The minimum atomic E-state index is -0.901. The molecule has 7 heteroatoms. The molecule has 0 bridgehead atoms. The molecule has 0 radical (unpaired) electrons. The first-order valence-corrected chi connectivity index (χ1v) is 13.0. The van der Waals surface area contributed by atoms with Crippen molar-refractivity contribution in [2.75, 3.05) is 16.6 Å². The molecule has 2 fully saturated rings. The number of anilines is 2. The molecule has 5 rings (SSSR count). The summed E-state index contributed by atoms with van der Waals surface area (Å²) >= 11 is 0. The van der Waals surface area contributed by atoms with Gasteiger partial charge < -0.3 is 9.47 Å². The highest BCUT2D eigenvalue weighted by molar-refractivity contribution is 6.24. The Morgan fingerprint density at radius 2 is 1.72 bits per heavy atom. The van der Waals surface area contributed by atoms with Crippen molar-refractivity contribution in [3.8, 4) is 5.75 Å². The van der Waals surface area contributed by atoms with Crippen LogP contribution in [-0.2, 0) is 19.2 Å². The van der Waals surface area contributed by atoms with Crippen molar-refractivity contribution in [2.24, 2.45) is 5.92 Å². The Balaban J connectivity index is 1.51. The van der Waals surface area contributed by atoms with Gasteiger partial charge in [0.1, 0.15) is 23.3 Å². The van der Waals surface area contributed by atoms with E-state index in [1.165, 1.54) is 10.5 Å². The van der Waals surface area contributed by atoms with Gasteiger partial charge in [-0.3, -0.25) is 14.4 Å². The number of rotatable bonds is 8. The Labute approximate surface area is 212 Å². The molecule has 7 nitrogen and oxygen atoms in total. The molecule has 0 unspecified atom stereocenters. The Hall–Kier alpha value is -3.32. The second kappa shape index (κ2) is 9.97. The lowest BCUT2D eigenvalue weighted by Gasteiger charge is -2.45. The van der Waals surface area contributed by atoms with Crippen LogP contribution in [0.25, 0.3) is 0 Å². The maximum absolute atomic E-state index is 14.0. The number of para-hydroxylation sites is 1. The van der Waals surface area contributed by atoms with Crippen LogP contribution in [0, 0.1) is 5.92 Å². The van der Waals surface area contributed by atoms with Crippen LogP contribution in [0.3, 0.4) is 0 Å². The molecule has 0 N–H and O–H groups in total. The molecule has 3 heterocycles. The third kappa shape index (κ3) is 4.05. The van der Waals surface area contributed by atoms with Crippen LogP contribution < -0.4 is 14.7 Å². The summed E-state index contributed by atoms with van der Waals surface area (Å²) in [6.45, 7) is 6.86. The van der Waals surface area contributed by atoms with Crippen molar-refractivity contribution < 1.29 is 23.9 Å². The number of nitrogens with zero attached hydrogens (tertiary/aromatic N) is 2. The molecule has 0 aromatic heterocycles.